The molecule has 2 aliphatic rings. The maximum atomic E-state index is 13.6. The number of carbonyl (C=O) groups excluding carboxylic acids is 2. The summed E-state index contributed by atoms with van der Waals surface area (Å²) in [4.78, 5) is 43.3. The van der Waals surface area contributed by atoms with E-state index in [-0.39, 0.29) is 11.6 Å². The van der Waals surface area contributed by atoms with E-state index in [2.05, 4.69) is 30.2 Å². The molecule has 0 bridgehead atoms. The summed E-state index contributed by atoms with van der Waals surface area (Å²) in [5, 5.41) is 12.3. The van der Waals surface area contributed by atoms with Crippen LogP contribution in [0, 0.1) is 17.2 Å². The summed E-state index contributed by atoms with van der Waals surface area (Å²) in [6, 6.07) is 11.1. The number of pyridine rings is 1. The highest BCUT2D eigenvalue weighted by Gasteiger charge is 2.45. The summed E-state index contributed by atoms with van der Waals surface area (Å²) in [6.07, 6.45) is 3.57. The zero-order valence-electron chi connectivity index (χ0n) is 22.1. The molecule has 1 fully saturated rings. The number of nitriles is 1. The average molecular weight is 514 g/mol. The molecule has 1 atom stereocenters. The minimum absolute atomic E-state index is 0.143. The number of methoxy groups -OCH3 is 1. The van der Waals surface area contributed by atoms with Gasteiger partial charge in [-0.3, -0.25) is 14.4 Å². The van der Waals surface area contributed by atoms with Gasteiger partial charge in [-0.2, -0.15) is 5.26 Å². The van der Waals surface area contributed by atoms with E-state index in [1.165, 1.54) is 19.4 Å². The highest BCUT2D eigenvalue weighted by molar-refractivity contribution is 6.07. The highest BCUT2D eigenvalue weighted by atomic mass is 16.5. The van der Waals surface area contributed by atoms with E-state index in [1.54, 1.807) is 24.0 Å². The molecule has 0 spiro atoms. The summed E-state index contributed by atoms with van der Waals surface area (Å²) < 4.78 is 7.61. The second-order valence-electron chi connectivity index (χ2n) is 10.6. The zero-order valence-corrected chi connectivity index (χ0v) is 22.1. The molecule has 2 amide bonds. The molecule has 0 saturated carbocycles. The number of amides is 2. The first-order chi connectivity index (χ1) is 18.2. The van der Waals surface area contributed by atoms with Gasteiger partial charge in [0.05, 0.1) is 24.4 Å². The van der Waals surface area contributed by atoms with Crippen LogP contribution in [-0.4, -0.2) is 45.5 Å². The molecule has 2 N–H and O–H groups in total. The quantitative estimate of drug-likeness (QED) is 0.517. The largest absolute Gasteiger partial charge is 0.496 e. The zero-order chi connectivity index (χ0) is 27.2. The predicted octanol–water partition coefficient (Wildman–Crippen LogP) is 3.99. The first-order valence-corrected chi connectivity index (χ1v) is 12.8. The summed E-state index contributed by atoms with van der Waals surface area (Å²) >= 11 is 0. The second-order valence-corrected chi connectivity index (χ2v) is 10.6. The van der Waals surface area contributed by atoms with Crippen molar-refractivity contribution in [2.24, 2.45) is 5.92 Å². The second kappa shape index (κ2) is 9.53. The van der Waals surface area contributed by atoms with Crippen LogP contribution in [0.4, 0.5) is 5.69 Å². The number of ether oxygens (including phenoxy) is 1. The number of hydrogen-bond acceptors (Lipinski definition) is 5. The molecule has 0 aliphatic carbocycles. The van der Waals surface area contributed by atoms with Gasteiger partial charge in [-0.15, -0.1) is 0 Å². The topological polar surface area (TPSA) is 120 Å². The Bertz CT molecular complexity index is 1540. The third-order valence-corrected chi connectivity index (χ3v) is 7.52. The van der Waals surface area contributed by atoms with Crippen molar-refractivity contribution >= 4 is 17.5 Å². The standard InChI is InChI=1S/C29H31N5O4/c1-17(2)12-19-13-23(28(37)34-11-8-29(34,3)16-30)33-10-7-18-14-24(38-4)21(15-20(18)25(19)33)26(35)32-22-6-5-9-31-27(22)36/h5-6,9,13-15,17H,7-8,10-12H2,1-4H3,(H,31,36)(H,32,35)/t29-/m1/s1. The van der Waals surface area contributed by atoms with E-state index in [9.17, 15) is 19.6 Å². The van der Waals surface area contributed by atoms with E-state index in [0.29, 0.717) is 48.9 Å². The monoisotopic (exact) mass is 513 g/mol. The normalized spacial score (nSPS) is 17.7. The molecule has 9 nitrogen and oxygen atoms in total. The van der Waals surface area contributed by atoms with E-state index >= 15 is 0 Å². The van der Waals surface area contributed by atoms with Crippen molar-refractivity contribution < 1.29 is 14.3 Å². The Labute approximate surface area is 221 Å². The van der Waals surface area contributed by atoms with Crippen molar-refractivity contribution in [2.75, 3.05) is 19.0 Å². The van der Waals surface area contributed by atoms with Gasteiger partial charge in [-0.05, 0) is 67.1 Å². The van der Waals surface area contributed by atoms with Gasteiger partial charge in [0.25, 0.3) is 17.4 Å². The summed E-state index contributed by atoms with van der Waals surface area (Å²) in [5.41, 5.74) is 3.65. The lowest BCUT2D eigenvalue weighted by Gasteiger charge is -2.45. The molecule has 4 heterocycles. The third kappa shape index (κ3) is 4.16. The Morgan fingerprint density at radius 2 is 2.05 bits per heavy atom. The van der Waals surface area contributed by atoms with Crippen LogP contribution in [0.2, 0.25) is 0 Å². The number of anilines is 1. The van der Waals surface area contributed by atoms with E-state index in [4.69, 9.17) is 4.74 Å². The highest BCUT2D eigenvalue weighted by Crippen LogP contribution is 2.41. The van der Waals surface area contributed by atoms with Crippen LogP contribution >= 0.6 is 0 Å². The van der Waals surface area contributed by atoms with Crippen LogP contribution in [-0.2, 0) is 19.4 Å². The number of hydrogen-bond donors (Lipinski definition) is 2. The van der Waals surface area contributed by atoms with Crippen molar-refractivity contribution in [2.45, 2.75) is 52.1 Å². The molecule has 0 unspecified atom stereocenters. The Kier molecular flexibility index (Phi) is 6.35. The number of benzene rings is 1. The van der Waals surface area contributed by atoms with Gasteiger partial charge in [-0.25, -0.2) is 0 Å². The SMILES string of the molecule is COc1cc2c(cc1C(=O)Nc1ccc[nH]c1=O)-c1c(CC(C)C)cc(C(=O)N3CC[C@]3(C)C#N)n1CC2. The number of likely N-dealkylation sites (tertiary alicyclic amines) is 1. The Balaban J connectivity index is 1.61. The lowest BCUT2D eigenvalue weighted by Crippen LogP contribution is -2.59. The Hall–Kier alpha value is -4.32. The van der Waals surface area contributed by atoms with Gasteiger partial charge in [-0.1, -0.05) is 13.8 Å². The fourth-order valence-electron chi connectivity index (χ4n) is 5.40. The summed E-state index contributed by atoms with van der Waals surface area (Å²) in [5.74, 6) is 0.155. The molecule has 5 rings (SSSR count). The van der Waals surface area contributed by atoms with Crippen LogP contribution in [0.15, 0.2) is 41.3 Å². The van der Waals surface area contributed by atoms with E-state index < -0.39 is 17.0 Å². The molecule has 2 aliphatic heterocycles. The van der Waals surface area contributed by atoms with Crippen molar-refractivity contribution in [1.29, 1.82) is 5.26 Å². The molecule has 196 valence electrons. The van der Waals surface area contributed by atoms with Gasteiger partial charge < -0.3 is 24.5 Å². The minimum atomic E-state index is -0.791. The number of carbonyl (C=O) groups is 2. The summed E-state index contributed by atoms with van der Waals surface area (Å²) in [7, 11) is 1.51. The number of H-pyrrole nitrogens is 1. The van der Waals surface area contributed by atoms with Crippen LogP contribution in [0.1, 0.15) is 59.2 Å². The van der Waals surface area contributed by atoms with Crippen molar-refractivity contribution in [3.05, 3.63) is 69.3 Å². The molecule has 0 radical (unpaired) electrons. The van der Waals surface area contributed by atoms with Gasteiger partial charge in [0.1, 0.15) is 22.7 Å². The molecule has 38 heavy (non-hydrogen) atoms. The maximum absolute atomic E-state index is 13.6. The number of rotatable bonds is 6. The third-order valence-electron chi connectivity index (χ3n) is 7.52. The number of fused-ring (bicyclic) bond motifs is 3. The Morgan fingerprint density at radius 3 is 2.68 bits per heavy atom. The number of aromatic amines is 1. The molecule has 1 aromatic carbocycles. The number of nitrogens with one attached hydrogen (secondary N) is 2. The predicted molar refractivity (Wildman–Crippen MR) is 143 cm³/mol. The van der Waals surface area contributed by atoms with Crippen molar-refractivity contribution in [3.8, 4) is 23.1 Å². The first-order valence-electron chi connectivity index (χ1n) is 12.8. The van der Waals surface area contributed by atoms with E-state index in [0.717, 1.165) is 28.8 Å². The Morgan fingerprint density at radius 1 is 1.26 bits per heavy atom. The maximum Gasteiger partial charge on any atom is 0.271 e. The number of nitrogens with zero attached hydrogens (tertiary/aromatic N) is 3. The van der Waals surface area contributed by atoms with Crippen molar-refractivity contribution in [3.63, 3.8) is 0 Å². The number of aryl methyl sites for hydroxylation is 1. The fourth-order valence-corrected chi connectivity index (χ4v) is 5.40. The molecule has 9 heteroatoms. The molecule has 1 saturated heterocycles. The number of aromatic nitrogens is 2. The van der Waals surface area contributed by atoms with Crippen LogP contribution in [0.25, 0.3) is 11.3 Å². The lowest BCUT2D eigenvalue weighted by molar-refractivity contribution is 0.0294. The average Bonchev–Trinajstić information content (AvgIpc) is 3.26. The minimum Gasteiger partial charge on any atom is -0.496 e. The first kappa shape index (κ1) is 25.3. The van der Waals surface area contributed by atoms with Crippen LogP contribution in [0.3, 0.4) is 0 Å². The van der Waals surface area contributed by atoms with Crippen LogP contribution in [0.5, 0.6) is 5.75 Å². The summed E-state index contributed by atoms with van der Waals surface area (Å²) in [6.45, 7) is 7.21. The molecule has 2 aromatic heterocycles. The fraction of sp³-hybridized carbons (Fsp3) is 0.379. The molecular weight excluding hydrogens is 482 g/mol. The van der Waals surface area contributed by atoms with Gasteiger partial charge in [0.15, 0.2) is 0 Å². The lowest BCUT2D eigenvalue weighted by atomic mass is 9.88. The van der Waals surface area contributed by atoms with Gasteiger partial charge in [0, 0.05) is 31.3 Å². The molecular formula is C29H31N5O4. The molecule has 3 aromatic rings. The van der Waals surface area contributed by atoms with Gasteiger partial charge >= 0.3 is 0 Å². The van der Waals surface area contributed by atoms with Crippen molar-refractivity contribution in [1.82, 2.24) is 14.5 Å². The van der Waals surface area contributed by atoms with Gasteiger partial charge in [0.2, 0.25) is 0 Å². The van der Waals surface area contributed by atoms with Crippen LogP contribution < -0.4 is 15.6 Å². The smallest absolute Gasteiger partial charge is 0.271 e. The van der Waals surface area contributed by atoms with E-state index in [1.807, 2.05) is 16.7 Å².